The molecule has 1 atom stereocenters. The van der Waals surface area contributed by atoms with Gasteiger partial charge in [0, 0.05) is 29.5 Å². The van der Waals surface area contributed by atoms with E-state index in [1.807, 2.05) is 28.5 Å². The van der Waals surface area contributed by atoms with Crippen LogP contribution in [0.25, 0.3) is 0 Å². The molecule has 1 unspecified atom stereocenters. The maximum Gasteiger partial charge on any atom is 0.341 e. The monoisotopic (exact) mass is 439 g/mol. The van der Waals surface area contributed by atoms with E-state index < -0.39 is 5.97 Å². The maximum absolute atomic E-state index is 12.9. The number of hydrogen-bond donors (Lipinski definition) is 1. The standard InChI is InChI=1S/C20H29N3O4S2/c1-3-14-12-15(20(26)27-4-2)18(29-14)21-17(24)13-23-7-5-6-16(23)19(25)22-8-10-28-11-9-22/h12,16H,3-11,13H2,1-2H3,(H,21,24). The van der Waals surface area contributed by atoms with Gasteiger partial charge in [0.1, 0.15) is 5.00 Å². The lowest BCUT2D eigenvalue weighted by Crippen LogP contribution is -2.49. The minimum Gasteiger partial charge on any atom is -0.462 e. The Bertz CT molecular complexity index is 746. The fraction of sp³-hybridized carbons (Fsp3) is 0.650. The van der Waals surface area contributed by atoms with Gasteiger partial charge in [0.2, 0.25) is 11.8 Å². The fourth-order valence-corrected chi connectivity index (χ4v) is 5.61. The topological polar surface area (TPSA) is 79.0 Å². The van der Waals surface area contributed by atoms with E-state index in [0.29, 0.717) is 10.6 Å². The number of nitrogens with zero attached hydrogens (tertiary/aromatic N) is 2. The number of ether oxygens (including phenoxy) is 1. The highest BCUT2D eigenvalue weighted by Crippen LogP contribution is 2.29. The van der Waals surface area contributed by atoms with Crippen molar-refractivity contribution in [2.75, 3.05) is 49.6 Å². The van der Waals surface area contributed by atoms with Crippen molar-refractivity contribution in [3.05, 3.63) is 16.5 Å². The highest BCUT2D eigenvalue weighted by Gasteiger charge is 2.35. The van der Waals surface area contributed by atoms with Crippen LogP contribution in [0.5, 0.6) is 0 Å². The molecule has 1 N–H and O–H groups in total. The van der Waals surface area contributed by atoms with Crippen LogP contribution in [0, 0.1) is 0 Å². The summed E-state index contributed by atoms with van der Waals surface area (Å²) in [5.41, 5.74) is 0.405. The molecule has 0 saturated carbocycles. The van der Waals surface area contributed by atoms with E-state index in [1.54, 1.807) is 13.0 Å². The second-order valence-corrected chi connectivity index (χ2v) is 9.51. The zero-order valence-corrected chi connectivity index (χ0v) is 18.7. The molecule has 3 rings (SSSR count). The van der Waals surface area contributed by atoms with Crippen LogP contribution in [-0.2, 0) is 20.7 Å². The molecule has 2 amide bonds. The van der Waals surface area contributed by atoms with Crippen molar-refractivity contribution >= 4 is 45.9 Å². The molecule has 0 aliphatic carbocycles. The van der Waals surface area contributed by atoms with Gasteiger partial charge in [0.15, 0.2) is 0 Å². The molecule has 2 fully saturated rings. The molecule has 0 radical (unpaired) electrons. The van der Waals surface area contributed by atoms with Gasteiger partial charge in [-0.05, 0) is 38.8 Å². The molecule has 160 valence electrons. The number of esters is 1. The Kier molecular flexibility index (Phi) is 7.97. The van der Waals surface area contributed by atoms with Gasteiger partial charge in [0.05, 0.1) is 24.8 Å². The SMILES string of the molecule is CCOC(=O)c1cc(CC)sc1NC(=O)CN1CCCC1C(=O)N1CCSCC1. The third kappa shape index (κ3) is 5.52. The summed E-state index contributed by atoms with van der Waals surface area (Å²) in [7, 11) is 0. The van der Waals surface area contributed by atoms with Crippen molar-refractivity contribution in [1.29, 1.82) is 0 Å². The fourth-order valence-electron chi connectivity index (χ4n) is 3.71. The molecule has 2 aliphatic heterocycles. The van der Waals surface area contributed by atoms with Crippen molar-refractivity contribution in [3.8, 4) is 0 Å². The molecule has 0 bridgehead atoms. The molecular weight excluding hydrogens is 410 g/mol. The van der Waals surface area contributed by atoms with E-state index in [-0.39, 0.29) is 31.0 Å². The highest BCUT2D eigenvalue weighted by molar-refractivity contribution is 7.99. The molecule has 3 heterocycles. The van der Waals surface area contributed by atoms with Gasteiger partial charge in [-0.3, -0.25) is 14.5 Å². The van der Waals surface area contributed by atoms with E-state index in [4.69, 9.17) is 4.74 Å². The zero-order valence-electron chi connectivity index (χ0n) is 17.1. The number of amides is 2. The minimum absolute atomic E-state index is 0.146. The first-order chi connectivity index (χ1) is 14.0. The molecule has 9 heteroatoms. The molecule has 2 saturated heterocycles. The Morgan fingerprint density at radius 2 is 1.97 bits per heavy atom. The Labute approximate surface area is 180 Å². The van der Waals surface area contributed by atoms with E-state index >= 15 is 0 Å². The molecule has 7 nitrogen and oxygen atoms in total. The molecular formula is C20H29N3O4S2. The first kappa shape index (κ1) is 22.1. The number of rotatable bonds is 7. The number of carbonyl (C=O) groups excluding carboxylic acids is 3. The lowest BCUT2D eigenvalue weighted by molar-refractivity contribution is -0.136. The van der Waals surface area contributed by atoms with E-state index in [2.05, 4.69) is 5.32 Å². The van der Waals surface area contributed by atoms with Gasteiger partial charge >= 0.3 is 5.97 Å². The number of aryl methyl sites for hydroxylation is 1. The van der Waals surface area contributed by atoms with Crippen molar-refractivity contribution in [2.45, 2.75) is 39.2 Å². The van der Waals surface area contributed by atoms with Gasteiger partial charge in [-0.2, -0.15) is 11.8 Å². The minimum atomic E-state index is -0.420. The van der Waals surface area contributed by atoms with Crippen LogP contribution in [-0.4, -0.2) is 77.9 Å². The second-order valence-electron chi connectivity index (χ2n) is 7.14. The summed E-state index contributed by atoms with van der Waals surface area (Å²) >= 11 is 3.27. The Hall–Kier alpha value is -1.58. The van der Waals surface area contributed by atoms with Gasteiger partial charge in [-0.25, -0.2) is 4.79 Å². The van der Waals surface area contributed by atoms with Gasteiger partial charge in [-0.15, -0.1) is 11.3 Å². The van der Waals surface area contributed by atoms with E-state index in [0.717, 1.165) is 55.3 Å². The zero-order chi connectivity index (χ0) is 20.8. The van der Waals surface area contributed by atoms with Crippen LogP contribution in [0.15, 0.2) is 6.07 Å². The van der Waals surface area contributed by atoms with Gasteiger partial charge in [-0.1, -0.05) is 6.92 Å². The highest BCUT2D eigenvalue weighted by atomic mass is 32.2. The van der Waals surface area contributed by atoms with Gasteiger partial charge < -0.3 is 15.0 Å². The average Bonchev–Trinajstić information content (AvgIpc) is 3.35. The van der Waals surface area contributed by atoms with Crippen molar-refractivity contribution in [1.82, 2.24) is 9.80 Å². The van der Waals surface area contributed by atoms with Crippen molar-refractivity contribution in [3.63, 3.8) is 0 Å². The smallest absolute Gasteiger partial charge is 0.341 e. The number of carbonyl (C=O) groups is 3. The predicted molar refractivity (Wildman–Crippen MR) is 117 cm³/mol. The van der Waals surface area contributed by atoms with Gasteiger partial charge in [0.25, 0.3) is 0 Å². The summed E-state index contributed by atoms with van der Waals surface area (Å²) in [6, 6.07) is 1.57. The Morgan fingerprint density at radius 1 is 1.21 bits per heavy atom. The molecule has 0 aromatic carbocycles. The summed E-state index contributed by atoms with van der Waals surface area (Å²) < 4.78 is 5.11. The normalized spacial score (nSPS) is 19.9. The number of hydrogen-bond acceptors (Lipinski definition) is 7. The van der Waals surface area contributed by atoms with Crippen LogP contribution >= 0.6 is 23.1 Å². The first-order valence-corrected chi connectivity index (χ1v) is 12.2. The van der Waals surface area contributed by atoms with Crippen LogP contribution in [0.2, 0.25) is 0 Å². The largest absolute Gasteiger partial charge is 0.462 e. The lowest BCUT2D eigenvalue weighted by Gasteiger charge is -2.32. The van der Waals surface area contributed by atoms with Crippen LogP contribution in [0.4, 0.5) is 5.00 Å². The first-order valence-electron chi connectivity index (χ1n) is 10.2. The molecule has 0 spiro atoms. The molecule has 2 aliphatic rings. The van der Waals surface area contributed by atoms with Crippen molar-refractivity contribution in [2.24, 2.45) is 0 Å². The third-order valence-electron chi connectivity index (χ3n) is 5.20. The average molecular weight is 440 g/mol. The maximum atomic E-state index is 12.9. The number of thioether (sulfide) groups is 1. The summed E-state index contributed by atoms with van der Waals surface area (Å²) in [6.07, 6.45) is 2.49. The number of likely N-dealkylation sites (tertiary alicyclic amines) is 1. The summed E-state index contributed by atoms with van der Waals surface area (Å²) in [5.74, 6) is 1.48. The number of nitrogens with one attached hydrogen (secondary N) is 1. The van der Waals surface area contributed by atoms with E-state index in [9.17, 15) is 14.4 Å². The quantitative estimate of drug-likeness (QED) is 0.658. The number of anilines is 1. The third-order valence-corrected chi connectivity index (χ3v) is 7.34. The molecule has 1 aromatic heterocycles. The molecule has 1 aromatic rings. The summed E-state index contributed by atoms with van der Waals surface area (Å²) in [6.45, 7) is 6.52. The summed E-state index contributed by atoms with van der Waals surface area (Å²) in [5, 5.41) is 3.41. The predicted octanol–water partition coefficient (Wildman–Crippen LogP) is 2.47. The Balaban J connectivity index is 1.63. The second kappa shape index (κ2) is 10.4. The van der Waals surface area contributed by atoms with Crippen molar-refractivity contribution < 1.29 is 19.1 Å². The van der Waals surface area contributed by atoms with Crippen LogP contribution < -0.4 is 5.32 Å². The summed E-state index contributed by atoms with van der Waals surface area (Å²) in [4.78, 5) is 42.7. The van der Waals surface area contributed by atoms with Crippen LogP contribution in [0.3, 0.4) is 0 Å². The Morgan fingerprint density at radius 3 is 2.66 bits per heavy atom. The number of thiophene rings is 1. The lowest BCUT2D eigenvalue weighted by atomic mass is 10.2. The van der Waals surface area contributed by atoms with E-state index in [1.165, 1.54) is 11.3 Å². The molecule has 29 heavy (non-hydrogen) atoms. The van der Waals surface area contributed by atoms with Crippen LogP contribution in [0.1, 0.15) is 41.9 Å².